The average molecular weight is 319 g/mol. The van der Waals surface area contributed by atoms with Gasteiger partial charge in [0, 0.05) is 13.1 Å². The van der Waals surface area contributed by atoms with E-state index < -0.39 is 5.82 Å². The Kier molecular flexibility index (Phi) is 5.24. The molecule has 0 spiro atoms. The number of carbonyl (C=O) groups is 1. The van der Waals surface area contributed by atoms with Crippen molar-refractivity contribution in [3.63, 3.8) is 0 Å². The van der Waals surface area contributed by atoms with E-state index in [4.69, 9.17) is 23.2 Å². The number of carbonyl (C=O) groups excluding carboxylic acids is 1. The minimum atomic E-state index is -0.621. The van der Waals surface area contributed by atoms with Gasteiger partial charge in [0.2, 0.25) is 0 Å². The molecule has 1 aromatic rings. The van der Waals surface area contributed by atoms with Gasteiger partial charge in [0.05, 0.1) is 15.6 Å². The van der Waals surface area contributed by atoms with Crippen molar-refractivity contribution in [1.29, 1.82) is 0 Å². The number of halogens is 3. The number of amides is 1. The molecule has 1 aliphatic heterocycles. The molecule has 0 bridgehead atoms. The maximum absolute atomic E-state index is 13.5. The molecule has 1 fully saturated rings. The molecule has 0 unspecified atom stereocenters. The Morgan fingerprint density at radius 2 is 2.00 bits per heavy atom. The highest BCUT2D eigenvalue weighted by Gasteiger charge is 2.25. The first-order valence-electron chi connectivity index (χ1n) is 6.61. The summed E-state index contributed by atoms with van der Waals surface area (Å²) in [4.78, 5) is 14.1. The summed E-state index contributed by atoms with van der Waals surface area (Å²) < 4.78 is 13.5. The molecule has 2 rings (SSSR count). The Morgan fingerprint density at radius 1 is 1.35 bits per heavy atom. The Bertz CT molecular complexity index is 502. The first-order valence-corrected chi connectivity index (χ1v) is 7.37. The van der Waals surface area contributed by atoms with Crippen molar-refractivity contribution in [1.82, 2.24) is 10.2 Å². The summed E-state index contributed by atoms with van der Waals surface area (Å²) in [5.41, 5.74) is 0.181. The van der Waals surface area contributed by atoms with Gasteiger partial charge in [0.25, 0.3) is 5.91 Å². The van der Waals surface area contributed by atoms with Crippen LogP contribution < -0.4 is 5.32 Å². The molecule has 1 saturated heterocycles. The third-order valence-electron chi connectivity index (χ3n) is 3.63. The molecule has 1 heterocycles. The molecule has 6 heteroatoms. The standard InChI is InChI=1S/C14H17Cl2FN2O/c1-18-8-9-2-4-19(5-3-9)14(20)10-6-13(17)12(16)7-11(10)15/h6-7,9,18H,2-5,8H2,1H3. The molecule has 1 aromatic carbocycles. The van der Waals surface area contributed by atoms with Crippen molar-refractivity contribution in [3.05, 3.63) is 33.6 Å². The summed E-state index contributed by atoms with van der Waals surface area (Å²) in [5, 5.41) is 3.27. The lowest BCUT2D eigenvalue weighted by molar-refractivity contribution is 0.0690. The van der Waals surface area contributed by atoms with Gasteiger partial charge in [-0.2, -0.15) is 0 Å². The van der Waals surface area contributed by atoms with Crippen LogP contribution >= 0.6 is 23.2 Å². The van der Waals surface area contributed by atoms with E-state index in [2.05, 4.69) is 5.32 Å². The monoisotopic (exact) mass is 318 g/mol. The first kappa shape index (κ1) is 15.5. The lowest BCUT2D eigenvalue weighted by Crippen LogP contribution is -2.40. The molecule has 0 atom stereocenters. The second kappa shape index (κ2) is 6.74. The quantitative estimate of drug-likeness (QED) is 0.868. The van der Waals surface area contributed by atoms with Crippen LogP contribution in [0.4, 0.5) is 4.39 Å². The van der Waals surface area contributed by atoms with Crippen molar-refractivity contribution >= 4 is 29.1 Å². The van der Waals surface area contributed by atoms with Crippen LogP contribution in [-0.2, 0) is 0 Å². The molecule has 0 aromatic heterocycles. The molecular formula is C14H17Cl2FN2O. The van der Waals surface area contributed by atoms with Gasteiger partial charge >= 0.3 is 0 Å². The largest absolute Gasteiger partial charge is 0.339 e. The van der Waals surface area contributed by atoms with Crippen LogP contribution in [0.2, 0.25) is 10.0 Å². The van der Waals surface area contributed by atoms with Crippen LogP contribution in [0.15, 0.2) is 12.1 Å². The van der Waals surface area contributed by atoms with Crippen molar-refractivity contribution in [3.8, 4) is 0 Å². The van der Waals surface area contributed by atoms with E-state index in [1.165, 1.54) is 6.07 Å². The molecule has 3 nitrogen and oxygen atoms in total. The third-order valence-corrected chi connectivity index (χ3v) is 4.24. The molecule has 0 saturated carbocycles. The summed E-state index contributed by atoms with van der Waals surface area (Å²) in [6, 6.07) is 2.39. The summed E-state index contributed by atoms with van der Waals surface area (Å²) >= 11 is 11.6. The molecule has 20 heavy (non-hydrogen) atoms. The highest BCUT2D eigenvalue weighted by molar-refractivity contribution is 6.36. The van der Waals surface area contributed by atoms with Crippen LogP contribution in [0, 0.1) is 11.7 Å². The normalized spacial score (nSPS) is 16.5. The van der Waals surface area contributed by atoms with E-state index in [0.29, 0.717) is 19.0 Å². The van der Waals surface area contributed by atoms with E-state index in [-0.39, 0.29) is 21.5 Å². The van der Waals surface area contributed by atoms with Gasteiger partial charge in [-0.15, -0.1) is 0 Å². The molecule has 1 aliphatic rings. The van der Waals surface area contributed by atoms with Gasteiger partial charge in [0.1, 0.15) is 5.82 Å². The minimum absolute atomic E-state index is 0.0701. The predicted molar refractivity (Wildman–Crippen MR) is 79.0 cm³/mol. The van der Waals surface area contributed by atoms with Gasteiger partial charge < -0.3 is 10.2 Å². The van der Waals surface area contributed by atoms with Gasteiger partial charge in [-0.3, -0.25) is 4.79 Å². The Morgan fingerprint density at radius 3 is 2.60 bits per heavy atom. The van der Waals surface area contributed by atoms with Crippen LogP contribution in [0.5, 0.6) is 0 Å². The van der Waals surface area contributed by atoms with Gasteiger partial charge in [-0.25, -0.2) is 4.39 Å². The number of hydrogen-bond donors (Lipinski definition) is 1. The zero-order chi connectivity index (χ0) is 14.7. The summed E-state index contributed by atoms with van der Waals surface area (Å²) in [6.07, 6.45) is 1.89. The Hall–Kier alpha value is -0.840. The van der Waals surface area contributed by atoms with Crippen LogP contribution in [0.3, 0.4) is 0 Å². The topological polar surface area (TPSA) is 32.3 Å². The van der Waals surface area contributed by atoms with Crippen LogP contribution in [-0.4, -0.2) is 37.5 Å². The fourth-order valence-electron chi connectivity index (χ4n) is 2.49. The predicted octanol–water partition coefficient (Wildman–Crippen LogP) is 3.20. The molecule has 110 valence electrons. The lowest BCUT2D eigenvalue weighted by Gasteiger charge is -2.32. The summed E-state index contributed by atoms with van der Waals surface area (Å²) in [6.45, 7) is 2.30. The Labute approximate surface area is 128 Å². The second-order valence-electron chi connectivity index (χ2n) is 5.04. The van der Waals surface area contributed by atoms with Crippen molar-refractivity contribution in [2.75, 3.05) is 26.7 Å². The number of rotatable bonds is 3. The number of piperidine rings is 1. The zero-order valence-corrected chi connectivity index (χ0v) is 12.8. The first-order chi connectivity index (χ1) is 9.52. The highest BCUT2D eigenvalue weighted by atomic mass is 35.5. The molecule has 1 amide bonds. The number of nitrogens with one attached hydrogen (secondary N) is 1. The van der Waals surface area contributed by atoms with E-state index >= 15 is 0 Å². The molecule has 0 radical (unpaired) electrons. The minimum Gasteiger partial charge on any atom is -0.339 e. The van der Waals surface area contributed by atoms with Gasteiger partial charge in [-0.05, 0) is 44.5 Å². The van der Waals surface area contributed by atoms with E-state index in [0.717, 1.165) is 25.5 Å². The zero-order valence-electron chi connectivity index (χ0n) is 11.3. The summed E-state index contributed by atoms with van der Waals surface area (Å²) in [5.74, 6) is -0.264. The fraction of sp³-hybridized carbons (Fsp3) is 0.500. The lowest BCUT2D eigenvalue weighted by atomic mass is 9.96. The third kappa shape index (κ3) is 3.43. The number of likely N-dealkylation sites (tertiary alicyclic amines) is 1. The van der Waals surface area contributed by atoms with Gasteiger partial charge in [-0.1, -0.05) is 23.2 Å². The molecular weight excluding hydrogens is 302 g/mol. The molecule has 0 aliphatic carbocycles. The van der Waals surface area contributed by atoms with Crippen LogP contribution in [0.25, 0.3) is 0 Å². The molecule has 1 N–H and O–H groups in total. The smallest absolute Gasteiger partial charge is 0.255 e. The van der Waals surface area contributed by atoms with Gasteiger partial charge in [0.15, 0.2) is 0 Å². The second-order valence-corrected chi connectivity index (χ2v) is 5.85. The number of benzene rings is 1. The number of hydrogen-bond acceptors (Lipinski definition) is 2. The fourth-order valence-corrected chi connectivity index (χ4v) is 2.95. The van der Waals surface area contributed by atoms with Crippen LogP contribution in [0.1, 0.15) is 23.2 Å². The Balaban J connectivity index is 2.07. The van der Waals surface area contributed by atoms with Crippen molar-refractivity contribution in [2.45, 2.75) is 12.8 Å². The van der Waals surface area contributed by atoms with E-state index in [1.54, 1.807) is 4.90 Å². The van der Waals surface area contributed by atoms with E-state index in [9.17, 15) is 9.18 Å². The highest BCUT2D eigenvalue weighted by Crippen LogP contribution is 2.27. The SMILES string of the molecule is CNCC1CCN(C(=O)c2cc(F)c(Cl)cc2Cl)CC1. The maximum Gasteiger partial charge on any atom is 0.255 e. The maximum atomic E-state index is 13.5. The number of nitrogens with zero attached hydrogens (tertiary/aromatic N) is 1. The van der Waals surface area contributed by atoms with Crippen molar-refractivity contribution in [2.24, 2.45) is 5.92 Å². The van der Waals surface area contributed by atoms with Crippen molar-refractivity contribution < 1.29 is 9.18 Å². The average Bonchev–Trinajstić information content (AvgIpc) is 2.43. The summed E-state index contributed by atoms with van der Waals surface area (Å²) in [7, 11) is 1.92. The van der Waals surface area contributed by atoms with E-state index in [1.807, 2.05) is 7.05 Å².